The Morgan fingerprint density at radius 3 is 2.56 bits per heavy atom. The van der Waals surface area contributed by atoms with E-state index in [4.69, 9.17) is 5.73 Å². The molecule has 0 radical (unpaired) electrons. The molecule has 0 aromatic heterocycles. The Morgan fingerprint density at radius 1 is 1.39 bits per heavy atom. The largest absolute Gasteiger partial charge is 0.398 e. The van der Waals surface area contributed by atoms with Crippen molar-refractivity contribution in [3.8, 4) is 0 Å². The van der Waals surface area contributed by atoms with E-state index in [2.05, 4.69) is 21.2 Å². The van der Waals surface area contributed by atoms with Crippen molar-refractivity contribution in [2.24, 2.45) is 0 Å². The molecular formula is C11H18BrN3O2S. The van der Waals surface area contributed by atoms with Crippen LogP contribution in [0.5, 0.6) is 0 Å². The van der Waals surface area contributed by atoms with Gasteiger partial charge in [-0.1, -0.05) is 0 Å². The molecule has 0 fully saturated rings. The number of nitrogens with one attached hydrogen (secondary N) is 1. The van der Waals surface area contributed by atoms with E-state index in [1.807, 2.05) is 13.0 Å². The molecule has 0 amide bonds. The number of rotatable bonds is 5. The van der Waals surface area contributed by atoms with Crippen LogP contribution in [0.15, 0.2) is 16.6 Å². The summed E-state index contributed by atoms with van der Waals surface area (Å²) in [5.74, 6) is 0.0515. The van der Waals surface area contributed by atoms with E-state index in [-0.39, 0.29) is 5.75 Å². The summed E-state index contributed by atoms with van der Waals surface area (Å²) in [6.45, 7) is 2.26. The van der Waals surface area contributed by atoms with Crippen molar-refractivity contribution in [1.82, 2.24) is 4.31 Å². The molecule has 7 heteroatoms. The van der Waals surface area contributed by atoms with Gasteiger partial charge >= 0.3 is 0 Å². The quantitative estimate of drug-likeness (QED) is 0.802. The number of benzene rings is 1. The average Bonchev–Trinajstić information content (AvgIpc) is 2.25. The lowest BCUT2D eigenvalue weighted by atomic mass is 10.2. The molecule has 3 N–H and O–H groups in total. The highest BCUT2D eigenvalue weighted by molar-refractivity contribution is 9.10. The van der Waals surface area contributed by atoms with Crippen LogP contribution in [0.25, 0.3) is 0 Å². The maximum Gasteiger partial charge on any atom is 0.215 e. The molecule has 0 aliphatic heterocycles. The van der Waals surface area contributed by atoms with Crippen LogP contribution in [-0.2, 0) is 10.0 Å². The fraction of sp³-hybridized carbons (Fsp3) is 0.455. The molecule has 0 bridgehead atoms. The van der Waals surface area contributed by atoms with E-state index in [0.29, 0.717) is 12.2 Å². The Kier molecular flexibility index (Phi) is 5.01. The molecule has 0 saturated carbocycles. The minimum absolute atomic E-state index is 0.0515. The second-order valence-electron chi connectivity index (χ2n) is 4.21. The number of halogens is 1. The third-order valence-corrected chi connectivity index (χ3v) is 5.08. The van der Waals surface area contributed by atoms with Gasteiger partial charge in [0, 0.05) is 36.5 Å². The molecule has 0 aliphatic carbocycles. The maximum absolute atomic E-state index is 11.6. The number of hydrogen-bond acceptors (Lipinski definition) is 4. The van der Waals surface area contributed by atoms with Crippen LogP contribution in [0.2, 0.25) is 0 Å². The number of hydrogen-bond donors (Lipinski definition) is 2. The van der Waals surface area contributed by atoms with Crippen LogP contribution in [0.3, 0.4) is 0 Å². The molecular weight excluding hydrogens is 318 g/mol. The topological polar surface area (TPSA) is 75.4 Å². The van der Waals surface area contributed by atoms with E-state index < -0.39 is 10.0 Å². The molecule has 0 atom stereocenters. The van der Waals surface area contributed by atoms with Crippen LogP contribution in [0, 0.1) is 6.92 Å². The van der Waals surface area contributed by atoms with Crippen molar-refractivity contribution in [2.75, 3.05) is 37.4 Å². The van der Waals surface area contributed by atoms with Gasteiger partial charge in [-0.05, 0) is 40.5 Å². The van der Waals surface area contributed by atoms with E-state index >= 15 is 0 Å². The first-order chi connectivity index (χ1) is 8.24. The van der Waals surface area contributed by atoms with Gasteiger partial charge in [-0.15, -0.1) is 0 Å². The molecule has 1 aromatic rings. The zero-order valence-corrected chi connectivity index (χ0v) is 13.1. The molecule has 0 heterocycles. The number of sulfonamides is 1. The van der Waals surface area contributed by atoms with Gasteiger partial charge in [-0.3, -0.25) is 0 Å². The molecule has 102 valence electrons. The normalized spacial score (nSPS) is 11.8. The monoisotopic (exact) mass is 335 g/mol. The Balaban J connectivity index is 2.68. The van der Waals surface area contributed by atoms with E-state index in [1.54, 1.807) is 6.07 Å². The lowest BCUT2D eigenvalue weighted by molar-refractivity contribution is 0.521. The standard InChI is InChI=1S/C11H18BrN3O2S/c1-8-6-11(9(12)7-10(8)13)14-4-5-18(16,17)15(2)3/h6-7,14H,4-5,13H2,1-3H3. The third-order valence-electron chi connectivity index (χ3n) is 2.59. The molecule has 1 rings (SSSR count). The van der Waals surface area contributed by atoms with Crippen molar-refractivity contribution in [1.29, 1.82) is 0 Å². The highest BCUT2D eigenvalue weighted by Crippen LogP contribution is 2.27. The van der Waals surface area contributed by atoms with Crippen LogP contribution < -0.4 is 11.1 Å². The predicted molar refractivity (Wildman–Crippen MR) is 79.3 cm³/mol. The Morgan fingerprint density at radius 2 is 2.00 bits per heavy atom. The summed E-state index contributed by atoms with van der Waals surface area (Å²) in [7, 11) is -0.116. The Hall–Kier alpha value is -0.790. The van der Waals surface area contributed by atoms with Gasteiger partial charge in [0.25, 0.3) is 0 Å². The summed E-state index contributed by atoms with van der Waals surface area (Å²) in [6.07, 6.45) is 0. The van der Waals surface area contributed by atoms with Crippen LogP contribution >= 0.6 is 15.9 Å². The van der Waals surface area contributed by atoms with Gasteiger partial charge in [0.15, 0.2) is 0 Å². The SMILES string of the molecule is Cc1cc(NCCS(=O)(=O)N(C)C)c(Br)cc1N. The van der Waals surface area contributed by atoms with Gasteiger partial charge in [-0.25, -0.2) is 12.7 Å². The summed E-state index contributed by atoms with van der Waals surface area (Å²) in [4.78, 5) is 0. The number of nitrogen functional groups attached to an aromatic ring is 1. The van der Waals surface area contributed by atoms with Crippen molar-refractivity contribution in [2.45, 2.75) is 6.92 Å². The minimum atomic E-state index is -3.17. The van der Waals surface area contributed by atoms with Gasteiger partial charge in [0.1, 0.15) is 0 Å². The second-order valence-corrected chi connectivity index (χ2v) is 7.37. The fourth-order valence-electron chi connectivity index (χ4n) is 1.33. The minimum Gasteiger partial charge on any atom is -0.398 e. The highest BCUT2D eigenvalue weighted by atomic mass is 79.9. The van der Waals surface area contributed by atoms with Crippen LogP contribution in [0.1, 0.15) is 5.56 Å². The van der Waals surface area contributed by atoms with Crippen LogP contribution in [-0.4, -0.2) is 39.1 Å². The van der Waals surface area contributed by atoms with Gasteiger partial charge in [-0.2, -0.15) is 0 Å². The van der Waals surface area contributed by atoms with E-state index in [9.17, 15) is 8.42 Å². The Bertz CT molecular complexity index is 529. The first-order valence-electron chi connectivity index (χ1n) is 5.43. The molecule has 0 spiro atoms. The molecule has 0 saturated heterocycles. The Labute approximate surface area is 117 Å². The van der Waals surface area contributed by atoms with Crippen molar-refractivity contribution in [3.05, 3.63) is 22.2 Å². The first kappa shape index (κ1) is 15.3. The summed E-state index contributed by atoms with van der Waals surface area (Å²) in [6, 6.07) is 3.69. The van der Waals surface area contributed by atoms with E-state index in [0.717, 1.165) is 15.7 Å². The summed E-state index contributed by atoms with van der Waals surface area (Å²) < 4.78 is 25.2. The van der Waals surface area contributed by atoms with E-state index in [1.165, 1.54) is 18.4 Å². The molecule has 0 aliphatic rings. The average molecular weight is 336 g/mol. The first-order valence-corrected chi connectivity index (χ1v) is 7.84. The lowest BCUT2D eigenvalue weighted by Gasteiger charge is -2.14. The summed E-state index contributed by atoms with van der Waals surface area (Å²) in [5, 5.41) is 3.08. The van der Waals surface area contributed by atoms with Crippen molar-refractivity contribution < 1.29 is 8.42 Å². The predicted octanol–water partition coefficient (Wildman–Crippen LogP) is 1.64. The smallest absolute Gasteiger partial charge is 0.215 e. The molecule has 1 aromatic carbocycles. The van der Waals surface area contributed by atoms with Crippen LogP contribution in [0.4, 0.5) is 11.4 Å². The maximum atomic E-state index is 11.6. The van der Waals surface area contributed by atoms with Gasteiger partial charge in [0.2, 0.25) is 10.0 Å². The summed E-state index contributed by atoms with van der Waals surface area (Å²) >= 11 is 3.39. The zero-order valence-electron chi connectivity index (χ0n) is 10.7. The van der Waals surface area contributed by atoms with Gasteiger partial charge < -0.3 is 11.1 Å². The summed E-state index contributed by atoms with van der Waals surface area (Å²) in [5.41, 5.74) is 8.27. The molecule has 0 unspecified atom stereocenters. The second kappa shape index (κ2) is 5.90. The molecule has 18 heavy (non-hydrogen) atoms. The zero-order chi connectivity index (χ0) is 13.9. The number of aryl methyl sites for hydroxylation is 1. The number of nitrogens with zero attached hydrogens (tertiary/aromatic N) is 1. The fourth-order valence-corrected chi connectivity index (χ4v) is 2.56. The lowest BCUT2D eigenvalue weighted by Crippen LogP contribution is -2.28. The van der Waals surface area contributed by atoms with Crippen molar-refractivity contribution >= 4 is 37.3 Å². The third kappa shape index (κ3) is 3.86. The van der Waals surface area contributed by atoms with Crippen molar-refractivity contribution in [3.63, 3.8) is 0 Å². The number of anilines is 2. The highest BCUT2D eigenvalue weighted by Gasteiger charge is 2.13. The number of nitrogens with two attached hydrogens (primary N) is 1. The molecule has 5 nitrogen and oxygen atoms in total. The van der Waals surface area contributed by atoms with Gasteiger partial charge in [0.05, 0.1) is 5.75 Å².